The fourth-order valence-electron chi connectivity index (χ4n) is 2.18. The lowest BCUT2D eigenvalue weighted by Crippen LogP contribution is -2.26. The summed E-state index contributed by atoms with van der Waals surface area (Å²) in [5.74, 6) is -1.41. The summed E-state index contributed by atoms with van der Waals surface area (Å²) in [4.78, 5) is 38.9. The minimum Gasteiger partial charge on any atom is -0.469 e. The van der Waals surface area contributed by atoms with Gasteiger partial charge in [0.2, 0.25) is 5.91 Å². The lowest BCUT2D eigenvalue weighted by atomic mass is 10.1. The Labute approximate surface area is 159 Å². The Morgan fingerprint density at radius 2 is 1.96 bits per heavy atom. The highest BCUT2D eigenvalue weighted by Gasteiger charge is 2.12. The SMILES string of the molecule is COC(=O)CCC(=O)NCc1nc(C(=O)NCCc2ccccc2F)cs1. The third-order valence-electron chi connectivity index (χ3n) is 3.64. The second-order valence-electron chi connectivity index (χ2n) is 5.58. The van der Waals surface area contributed by atoms with Crippen molar-refractivity contribution in [2.75, 3.05) is 13.7 Å². The number of nitrogens with zero attached hydrogens (tertiary/aromatic N) is 1. The molecule has 2 N–H and O–H groups in total. The summed E-state index contributed by atoms with van der Waals surface area (Å²) < 4.78 is 18.0. The van der Waals surface area contributed by atoms with E-state index in [2.05, 4.69) is 20.4 Å². The predicted molar refractivity (Wildman–Crippen MR) is 97.6 cm³/mol. The van der Waals surface area contributed by atoms with E-state index in [9.17, 15) is 18.8 Å². The number of thiazole rings is 1. The molecular weight excluding hydrogens is 373 g/mol. The van der Waals surface area contributed by atoms with Crippen molar-refractivity contribution in [2.45, 2.75) is 25.8 Å². The van der Waals surface area contributed by atoms with E-state index in [1.807, 2.05) is 0 Å². The van der Waals surface area contributed by atoms with Crippen molar-refractivity contribution in [3.05, 3.63) is 51.7 Å². The highest BCUT2D eigenvalue weighted by atomic mass is 32.1. The van der Waals surface area contributed by atoms with Crippen molar-refractivity contribution >= 4 is 29.1 Å². The van der Waals surface area contributed by atoms with Crippen LogP contribution in [0.15, 0.2) is 29.6 Å². The topological polar surface area (TPSA) is 97.4 Å². The molecule has 1 aromatic heterocycles. The first-order valence-electron chi connectivity index (χ1n) is 8.29. The number of carbonyl (C=O) groups is 3. The molecular formula is C18H20FN3O4S. The molecule has 0 aliphatic heterocycles. The number of nitrogens with one attached hydrogen (secondary N) is 2. The Morgan fingerprint density at radius 1 is 1.19 bits per heavy atom. The van der Waals surface area contributed by atoms with E-state index in [-0.39, 0.29) is 49.3 Å². The minimum atomic E-state index is -0.450. The number of carbonyl (C=O) groups excluding carboxylic acids is 3. The van der Waals surface area contributed by atoms with Crippen LogP contribution in [0.25, 0.3) is 0 Å². The van der Waals surface area contributed by atoms with Crippen LogP contribution in [-0.4, -0.2) is 36.4 Å². The summed E-state index contributed by atoms with van der Waals surface area (Å²) in [6.45, 7) is 0.462. The molecule has 0 spiro atoms. The average molecular weight is 393 g/mol. The number of halogens is 1. The third kappa shape index (κ3) is 6.78. The van der Waals surface area contributed by atoms with Crippen molar-refractivity contribution in [3.8, 4) is 0 Å². The normalized spacial score (nSPS) is 10.3. The van der Waals surface area contributed by atoms with Gasteiger partial charge in [-0.15, -0.1) is 11.3 Å². The predicted octanol–water partition coefficient (Wildman–Crippen LogP) is 1.82. The number of rotatable bonds is 9. The standard InChI is InChI=1S/C18H20FN3O4S/c1-26-17(24)7-6-15(23)21-10-16-22-14(11-27-16)18(25)20-9-8-12-4-2-3-5-13(12)19/h2-5,11H,6-10H2,1H3,(H,20,25)(H,21,23). The lowest BCUT2D eigenvalue weighted by Gasteiger charge is -2.04. The van der Waals surface area contributed by atoms with Gasteiger partial charge in [0.1, 0.15) is 16.5 Å². The van der Waals surface area contributed by atoms with Crippen molar-refractivity contribution in [2.24, 2.45) is 0 Å². The van der Waals surface area contributed by atoms with Crippen LogP contribution >= 0.6 is 11.3 Å². The first kappa shape index (κ1) is 20.5. The zero-order chi connectivity index (χ0) is 19.6. The highest BCUT2D eigenvalue weighted by Crippen LogP contribution is 2.10. The highest BCUT2D eigenvalue weighted by molar-refractivity contribution is 7.09. The summed E-state index contributed by atoms with van der Waals surface area (Å²) in [5.41, 5.74) is 0.777. The smallest absolute Gasteiger partial charge is 0.306 e. The molecule has 7 nitrogen and oxygen atoms in total. The van der Waals surface area contributed by atoms with Gasteiger partial charge in [-0.1, -0.05) is 18.2 Å². The van der Waals surface area contributed by atoms with Gasteiger partial charge >= 0.3 is 5.97 Å². The monoisotopic (exact) mass is 393 g/mol. The Kier molecular flexibility index (Phi) is 7.87. The molecule has 0 bridgehead atoms. The van der Waals surface area contributed by atoms with Crippen molar-refractivity contribution in [3.63, 3.8) is 0 Å². The van der Waals surface area contributed by atoms with Crippen LogP contribution in [0, 0.1) is 5.82 Å². The Balaban J connectivity index is 1.74. The Bertz CT molecular complexity index is 809. The van der Waals surface area contributed by atoms with Gasteiger partial charge in [-0.2, -0.15) is 0 Å². The van der Waals surface area contributed by atoms with Crippen LogP contribution in [0.1, 0.15) is 33.9 Å². The molecule has 0 radical (unpaired) electrons. The molecule has 2 amide bonds. The van der Waals surface area contributed by atoms with Gasteiger partial charge in [-0.25, -0.2) is 9.37 Å². The number of hydrogen-bond donors (Lipinski definition) is 2. The van der Waals surface area contributed by atoms with Crippen LogP contribution < -0.4 is 10.6 Å². The first-order valence-corrected chi connectivity index (χ1v) is 9.17. The van der Waals surface area contributed by atoms with Gasteiger partial charge in [-0.05, 0) is 18.1 Å². The molecule has 2 aromatic rings. The fraction of sp³-hybridized carbons (Fsp3) is 0.333. The molecule has 0 unspecified atom stereocenters. The molecule has 1 heterocycles. The number of hydrogen-bond acceptors (Lipinski definition) is 6. The average Bonchev–Trinajstić information content (AvgIpc) is 3.15. The molecule has 0 saturated carbocycles. The van der Waals surface area contributed by atoms with Crippen LogP contribution in [0.5, 0.6) is 0 Å². The molecule has 1 aromatic carbocycles. The summed E-state index contributed by atoms with van der Waals surface area (Å²) >= 11 is 1.24. The van der Waals surface area contributed by atoms with Gasteiger partial charge in [0.15, 0.2) is 0 Å². The number of methoxy groups -OCH3 is 1. The lowest BCUT2D eigenvalue weighted by molar-refractivity contribution is -0.142. The summed E-state index contributed by atoms with van der Waals surface area (Å²) in [7, 11) is 1.26. The summed E-state index contributed by atoms with van der Waals surface area (Å²) in [6, 6.07) is 6.41. The van der Waals surface area contributed by atoms with Gasteiger partial charge in [-0.3, -0.25) is 14.4 Å². The number of amides is 2. The largest absolute Gasteiger partial charge is 0.469 e. The molecule has 0 saturated heterocycles. The Morgan fingerprint density at radius 3 is 2.70 bits per heavy atom. The second-order valence-corrected chi connectivity index (χ2v) is 6.52. The molecule has 9 heteroatoms. The molecule has 0 aliphatic rings. The fourth-order valence-corrected chi connectivity index (χ4v) is 2.89. The number of ether oxygens (including phenoxy) is 1. The van der Waals surface area contributed by atoms with Gasteiger partial charge < -0.3 is 15.4 Å². The van der Waals surface area contributed by atoms with Crippen molar-refractivity contribution in [1.82, 2.24) is 15.6 Å². The summed E-state index contributed by atoms with van der Waals surface area (Å²) in [5, 5.41) is 7.48. The van der Waals surface area contributed by atoms with E-state index in [1.165, 1.54) is 24.5 Å². The first-order chi connectivity index (χ1) is 13.0. The van der Waals surface area contributed by atoms with Crippen molar-refractivity contribution < 1.29 is 23.5 Å². The minimum absolute atomic E-state index is 0.00979. The molecule has 144 valence electrons. The van der Waals surface area contributed by atoms with E-state index in [4.69, 9.17) is 0 Å². The molecule has 2 rings (SSSR count). The zero-order valence-corrected chi connectivity index (χ0v) is 15.6. The van der Waals surface area contributed by atoms with E-state index < -0.39 is 5.97 Å². The quantitative estimate of drug-likeness (QED) is 0.634. The third-order valence-corrected chi connectivity index (χ3v) is 4.49. The Hall–Kier alpha value is -2.81. The van der Waals surface area contributed by atoms with Crippen LogP contribution in [0.4, 0.5) is 4.39 Å². The van der Waals surface area contributed by atoms with Crippen LogP contribution in [-0.2, 0) is 27.3 Å². The van der Waals surface area contributed by atoms with E-state index in [0.717, 1.165) is 0 Å². The second kappa shape index (κ2) is 10.4. The molecule has 0 fully saturated rings. The maximum atomic E-state index is 13.5. The number of benzene rings is 1. The van der Waals surface area contributed by atoms with Gasteiger partial charge in [0, 0.05) is 18.3 Å². The number of esters is 1. The van der Waals surface area contributed by atoms with Crippen LogP contribution in [0.3, 0.4) is 0 Å². The molecule has 0 atom stereocenters. The maximum absolute atomic E-state index is 13.5. The summed E-state index contributed by atoms with van der Waals surface area (Å²) in [6.07, 6.45) is 0.420. The van der Waals surface area contributed by atoms with Gasteiger partial charge in [0.25, 0.3) is 5.91 Å². The van der Waals surface area contributed by atoms with Crippen LogP contribution in [0.2, 0.25) is 0 Å². The molecule has 27 heavy (non-hydrogen) atoms. The van der Waals surface area contributed by atoms with E-state index >= 15 is 0 Å². The van der Waals surface area contributed by atoms with E-state index in [0.29, 0.717) is 17.0 Å². The maximum Gasteiger partial charge on any atom is 0.306 e. The van der Waals surface area contributed by atoms with E-state index in [1.54, 1.807) is 23.6 Å². The van der Waals surface area contributed by atoms with Gasteiger partial charge in [0.05, 0.1) is 20.1 Å². The number of aromatic nitrogens is 1. The molecule has 0 aliphatic carbocycles. The van der Waals surface area contributed by atoms with Crippen molar-refractivity contribution in [1.29, 1.82) is 0 Å². The zero-order valence-electron chi connectivity index (χ0n) is 14.8.